The minimum absolute atomic E-state index is 0.347. The first kappa shape index (κ1) is 19.3. The van der Waals surface area contributed by atoms with Crippen LogP contribution in [0.1, 0.15) is 48.2 Å². The SMILES string of the molecule is Cc1ccc2c(c1)[C@H](O)CC1(CCN(C[C@H](O)c3ccc(F)c(F)c3)CC1)O2. The van der Waals surface area contributed by atoms with E-state index in [0.29, 0.717) is 31.6 Å². The maximum absolute atomic E-state index is 13.4. The molecule has 28 heavy (non-hydrogen) atoms. The van der Waals surface area contributed by atoms with E-state index in [2.05, 4.69) is 4.90 Å². The van der Waals surface area contributed by atoms with E-state index >= 15 is 0 Å². The summed E-state index contributed by atoms with van der Waals surface area (Å²) in [6, 6.07) is 9.38. The number of β-amino-alcohol motifs (C(OH)–C–C–N with tert-alkyl or cyclic N) is 1. The molecule has 1 fully saturated rings. The fourth-order valence-electron chi connectivity index (χ4n) is 4.28. The third kappa shape index (κ3) is 3.77. The highest BCUT2D eigenvalue weighted by atomic mass is 19.2. The number of likely N-dealkylation sites (tertiary alicyclic amines) is 1. The molecule has 1 saturated heterocycles. The number of aliphatic hydroxyl groups is 2. The number of halogens is 2. The predicted octanol–water partition coefficient (Wildman–Crippen LogP) is 3.66. The van der Waals surface area contributed by atoms with Crippen LogP contribution in [-0.2, 0) is 0 Å². The van der Waals surface area contributed by atoms with Crippen LogP contribution in [0.3, 0.4) is 0 Å². The minimum atomic E-state index is -0.951. The number of hydrogen-bond acceptors (Lipinski definition) is 4. The van der Waals surface area contributed by atoms with Gasteiger partial charge in [0.05, 0.1) is 12.2 Å². The van der Waals surface area contributed by atoms with Crippen LogP contribution in [-0.4, -0.2) is 40.3 Å². The van der Waals surface area contributed by atoms with Crippen LogP contribution in [0.4, 0.5) is 8.78 Å². The molecule has 1 spiro atoms. The van der Waals surface area contributed by atoms with E-state index in [4.69, 9.17) is 4.74 Å². The molecule has 2 N–H and O–H groups in total. The number of aryl methyl sites for hydroxylation is 1. The Kier molecular flexibility index (Phi) is 5.12. The van der Waals surface area contributed by atoms with E-state index in [1.54, 1.807) is 0 Å². The third-order valence-corrected chi connectivity index (χ3v) is 5.94. The highest BCUT2D eigenvalue weighted by Gasteiger charge is 2.43. The summed E-state index contributed by atoms with van der Waals surface area (Å²) in [7, 11) is 0. The van der Waals surface area contributed by atoms with E-state index in [0.717, 1.165) is 41.9 Å². The van der Waals surface area contributed by atoms with E-state index in [1.807, 2.05) is 25.1 Å². The Morgan fingerprint density at radius 3 is 2.61 bits per heavy atom. The van der Waals surface area contributed by atoms with Crippen molar-refractivity contribution in [3.8, 4) is 5.75 Å². The highest BCUT2D eigenvalue weighted by Crippen LogP contribution is 2.44. The van der Waals surface area contributed by atoms with Gasteiger partial charge in [-0.1, -0.05) is 17.7 Å². The average molecular weight is 389 g/mol. The maximum atomic E-state index is 13.4. The van der Waals surface area contributed by atoms with Crippen LogP contribution >= 0.6 is 0 Å². The van der Waals surface area contributed by atoms with E-state index in [-0.39, 0.29) is 0 Å². The molecule has 0 aliphatic carbocycles. The van der Waals surface area contributed by atoms with Gasteiger partial charge in [-0.2, -0.15) is 0 Å². The smallest absolute Gasteiger partial charge is 0.159 e. The molecule has 150 valence electrons. The van der Waals surface area contributed by atoms with Crippen LogP contribution in [0.2, 0.25) is 0 Å². The van der Waals surface area contributed by atoms with Crippen molar-refractivity contribution in [1.82, 2.24) is 4.90 Å². The standard InChI is InChI=1S/C22H25F2NO3/c1-14-2-5-21-16(10-14)19(26)12-22(28-21)6-8-25(9-7-22)13-20(27)15-3-4-17(23)18(24)11-15/h2-5,10-11,19-20,26-27H,6-9,12-13H2,1H3/t19-,20+/m1/s1. The molecular weight excluding hydrogens is 364 g/mol. The number of benzene rings is 2. The van der Waals surface area contributed by atoms with Gasteiger partial charge in [-0.3, -0.25) is 0 Å². The van der Waals surface area contributed by atoms with Gasteiger partial charge in [0, 0.05) is 31.6 Å². The fourth-order valence-corrected chi connectivity index (χ4v) is 4.28. The molecule has 2 atom stereocenters. The van der Waals surface area contributed by atoms with Crippen molar-refractivity contribution in [2.45, 2.75) is 44.0 Å². The van der Waals surface area contributed by atoms with Gasteiger partial charge in [0.15, 0.2) is 11.6 Å². The molecule has 2 aliphatic rings. The molecule has 0 unspecified atom stereocenters. The van der Waals surface area contributed by atoms with Gasteiger partial charge in [0.2, 0.25) is 0 Å². The van der Waals surface area contributed by atoms with Gasteiger partial charge in [-0.05, 0) is 49.6 Å². The van der Waals surface area contributed by atoms with Crippen molar-refractivity contribution >= 4 is 0 Å². The second-order valence-corrected chi connectivity index (χ2v) is 8.04. The number of nitrogens with zero attached hydrogens (tertiary/aromatic N) is 1. The normalized spacial score (nSPS) is 22.5. The molecule has 2 aromatic rings. The summed E-state index contributed by atoms with van der Waals surface area (Å²) in [5, 5.41) is 21.0. The van der Waals surface area contributed by atoms with Gasteiger partial charge in [-0.15, -0.1) is 0 Å². The monoisotopic (exact) mass is 389 g/mol. The van der Waals surface area contributed by atoms with Gasteiger partial charge in [0.1, 0.15) is 11.4 Å². The average Bonchev–Trinajstić information content (AvgIpc) is 2.67. The quantitative estimate of drug-likeness (QED) is 0.841. The summed E-state index contributed by atoms with van der Waals surface area (Å²) in [4.78, 5) is 2.09. The maximum Gasteiger partial charge on any atom is 0.159 e. The molecule has 0 radical (unpaired) electrons. The van der Waals surface area contributed by atoms with Gasteiger partial charge < -0.3 is 19.8 Å². The lowest BCUT2D eigenvalue weighted by molar-refractivity contribution is -0.0588. The largest absolute Gasteiger partial charge is 0.487 e. The summed E-state index contributed by atoms with van der Waals surface area (Å²) >= 11 is 0. The van der Waals surface area contributed by atoms with Crippen LogP contribution in [0.5, 0.6) is 5.75 Å². The number of piperidine rings is 1. The molecule has 4 rings (SSSR count). The number of hydrogen-bond donors (Lipinski definition) is 2. The molecule has 6 heteroatoms. The summed E-state index contributed by atoms with van der Waals surface area (Å²) in [5.41, 5.74) is 1.92. The molecule has 4 nitrogen and oxygen atoms in total. The Hall–Kier alpha value is -2.02. The predicted molar refractivity (Wildman–Crippen MR) is 101 cm³/mol. The van der Waals surface area contributed by atoms with Crippen LogP contribution in [0, 0.1) is 18.6 Å². The van der Waals surface area contributed by atoms with Crippen molar-refractivity contribution in [2.75, 3.05) is 19.6 Å². The summed E-state index contributed by atoms with van der Waals surface area (Å²) in [6.07, 6.45) is 0.612. The second-order valence-electron chi connectivity index (χ2n) is 8.04. The molecule has 2 aliphatic heterocycles. The highest BCUT2D eigenvalue weighted by molar-refractivity contribution is 5.41. The zero-order valence-corrected chi connectivity index (χ0v) is 15.9. The van der Waals surface area contributed by atoms with Gasteiger partial charge >= 0.3 is 0 Å². The zero-order valence-electron chi connectivity index (χ0n) is 15.9. The molecule has 0 aromatic heterocycles. The first-order chi connectivity index (χ1) is 13.3. The topological polar surface area (TPSA) is 52.9 Å². The molecule has 0 bridgehead atoms. The van der Waals surface area contributed by atoms with Crippen LogP contribution in [0.15, 0.2) is 36.4 Å². The van der Waals surface area contributed by atoms with Crippen LogP contribution < -0.4 is 4.74 Å². The molecule has 0 amide bonds. The molecule has 2 heterocycles. The van der Waals surface area contributed by atoms with Crippen molar-refractivity contribution < 1.29 is 23.7 Å². The Balaban J connectivity index is 1.39. The lowest BCUT2D eigenvalue weighted by atomic mass is 9.81. The number of ether oxygens (including phenoxy) is 1. The van der Waals surface area contributed by atoms with Crippen molar-refractivity contribution in [3.63, 3.8) is 0 Å². The summed E-state index contributed by atoms with van der Waals surface area (Å²) in [5.74, 6) is -1.12. The number of fused-ring (bicyclic) bond motifs is 1. The second kappa shape index (κ2) is 7.43. The zero-order chi connectivity index (χ0) is 19.9. The third-order valence-electron chi connectivity index (χ3n) is 5.94. The Morgan fingerprint density at radius 2 is 1.89 bits per heavy atom. The molecular formula is C22H25F2NO3. The number of aliphatic hydroxyl groups excluding tert-OH is 2. The summed E-state index contributed by atoms with van der Waals surface area (Å²) < 4.78 is 32.8. The van der Waals surface area contributed by atoms with Gasteiger partial charge in [0.25, 0.3) is 0 Å². The minimum Gasteiger partial charge on any atom is -0.487 e. The van der Waals surface area contributed by atoms with E-state index in [1.165, 1.54) is 6.07 Å². The van der Waals surface area contributed by atoms with Crippen LogP contribution in [0.25, 0.3) is 0 Å². The Morgan fingerprint density at radius 1 is 1.14 bits per heavy atom. The summed E-state index contributed by atoms with van der Waals surface area (Å²) in [6.45, 7) is 3.75. The molecule has 0 saturated carbocycles. The Bertz CT molecular complexity index is 865. The fraction of sp³-hybridized carbons (Fsp3) is 0.455. The number of rotatable bonds is 3. The molecule has 2 aromatic carbocycles. The van der Waals surface area contributed by atoms with E-state index in [9.17, 15) is 19.0 Å². The first-order valence-electron chi connectivity index (χ1n) is 9.68. The Labute approximate surface area is 163 Å². The lowest BCUT2D eigenvalue weighted by Gasteiger charge is -2.46. The van der Waals surface area contributed by atoms with Crippen molar-refractivity contribution in [3.05, 3.63) is 64.7 Å². The van der Waals surface area contributed by atoms with Crippen molar-refractivity contribution in [1.29, 1.82) is 0 Å². The van der Waals surface area contributed by atoms with E-state index < -0.39 is 29.4 Å². The van der Waals surface area contributed by atoms with Crippen molar-refractivity contribution in [2.24, 2.45) is 0 Å². The lowest BCUT2D eigenvalue weighted by Crippen LogP contribution is -2.51. The van der Waals surface area contributed by atoms with Gasteiger partial charge in [-0.25, -0.2) is 8.78 Å². The first-order valence-corrected chi connectivity index (χ1v) is 9.68.